The lowest BCUT2D eigenvalue weighted by Crippen LogP contribution is -2.22. The number of nitrogens with one attached hydrogen (secondary N) is 1. The number of pyridine rings is 1. The van der Waals surface area contributed by atoms with Gasteiger partial charge in [0.2, 0.25) is 0 Å². The topological polar surface area (TPSA) is 24.9 Å². The van der Waals surface area contributed by atoms with Crippen molar-refractivity contribution in [3.63, 3.8) is 0 Å². The summed E-state index contributed by atoms with van der Waals surface area (Å²) >= 11 is 1.37. The number of halogens is 1. The Morgan fingerprint density at radius 3 is 2.74 bits per heavy atom. The van der Waals surface area contributed by atoms with E-state index in [1.165, 1.54) is 17.8 Å². The predicted molar refractivity (Wildman–Crippen MR) is 76.7 cm³/mol. The number of hydrogen-bond donors (Lipinski definition) is 1. The minimum absolute atomic E-state index is 0.207. The fourth-order valence-electron chi connectivity index (χ4n) is 1.60. The number of rotatable bonds is 5. The van der Waals surface area contributed by atoms with Gasteiger partial charge < -0.3 is 5.32 Å². The molecule has 0 aliphatic heterocycles. The van der Waals surface area contributed by atoms with Gasteiger partial charge in [-0.1, -0.05) is 43.8 Å². The highest BCUT2D eigenvalue weighted by Gasteiger charge is 2.08. The smallest absolute Gasteiger partial charge is 0.137 e. The molecule has 0 spiro atoms. The molecule has 2 nitrogen and oxygen atoms in total. The molecular weight excluding hydrogens is 259 g/mol. The Labute approximate surface area is 117 Å². The molecule has 1 aromatic heterocycles. The van der Waals surface area contributed by atoms with Crippen LogP contribution in [0, 0.1) is 5.82 Å². The van der Waals surface area contributed by atoms with Gasteiger partial charge in [0.15, 0.2) is 0 Å². The summed E-state index contributed by atoms with van der Waals surface area (Å²) in [5, 5.41) is 4.20. The summed E-state index contributed by atoms with van der Waals surface area (Å²) in [6.45, 7) is 4.93. The van der Waals surface area contributed by atoms with E-state index in [2.05, 4.69) is 24.1 Å². The van der Waals surface area contributed by atoms with Gasteiger partial charge in [0.05, 0.1) is 0 Å². The molecule has 2 aromatic rings. The quantitative estimate of drug-likeness (QED) is 0.897. The van der Waals surface area contributed by atoms with Crippen LogP contribution >= 0.6 is 11.8 Å². The highest BCUT2D eigenvalue weighted by molar-refractivity contribution is 7.99. The highest BCUT2D eigenvalue weighted by Crippen LogP contribution is 2.30. The van der Waals surface area contributed by atoms with Crippen molar-refractivity contribution in [3.8, 4) is 0 Å². The molecule has 0 unspecified atom stereocenters. The summed E-state index contributed by atoms with van der Waals surface area (Å²) in [5.41, 5.74) is 1.09. The van der Waals surface area contributed by atoms with Crippen LogP contribution in [0.2, 0.25) is 0 Å². The SMILES string of the molecule is CC(C)NCc1cccnc1Sc1ccccc1F. The molecule has 1 aromatic carbocycles. The lowest BCUT2D eigenvalue weighted by atomic mass is 10.2. The Bertz CT molecular complexity index is 543. The van der Waals surface area contributed by atoms with Crippen LogP contribution in [0.4, 0.5) is 4.39 Å². The Morgan fingerprint density at radius 2 is 2.00 bits per heavy atom. The van der Waals surface area contributed by atoms with E-state index >= 15 is 0 Å². The van der Waals surface area contributed by atoms with E-state index in [0.717, 1.165) is 17.1 Å². The van der Waals surface area contributed by atoms with E-state index < -0.39 is 0 Å². The van der Waals surface area contributed by atoms with Gasteiger partial charge >= 0.3 is 0 Å². The largest absolute Gasteiger partial charge is 0.310 e. The molecule has 0 fully saturated rings. The van der Waals surface area contributed by atoms with Gasteiger partial charge in [-0.05, 0) is 23.8 Å². The summed E-state index contributed by atoms with van der Waals surface area (Å²) in [5.74, 6) is -0.207. The van der Waals surface area contributed by atoms with E-state index in [-0.39, 0.29) is 5.82 Å². The summed E-state index contributed by atoms with van der Waals surface area (Å²) < 4.78 is 13.7. The molecule has 0 amide bonds. The lowest BCUT2D eigenvalue weighted by Gasteiger charge is -2.11. The molecule has 0 atom stereocenters. The molecule has 0 aliphatic carbocycles. The summed E-state index contributed by atoms with van der Waals surface area (Å²) in [4.78, 5) is 4.95. The van der Waals surface area contributed by atoms with Gasteiger partial charge in [-0.2, -0.15) is 0 Å². The maximum absolute atomic E-state index is 13.7. The first-order chi connectivity index (χ1) is 9.16. The predicted octanol–water partition coefficient (Wildman–Crippen LogP) is 3.87. The second-order valence-electron chi connectivity index (χ2n) is 4.54. The summed E-state index contributed by atoms with van der Waals surface area (Å²) in [7, 11) is 0. The van der Waals surface area contributed by atoms with E-state index in [9.17, 15) is 4.39 Å². The van der Waals surface area contributed by atoms with Crippen molar-refractivity contribution in [2.45, 2.75) is 36.4 Å². The molecule has 0 radical (unpaired) electrons. The van der Waals surface area contributed by atoms with Gasteiger partial charge in [0.25, 0.3) is 0 Å². The van der Waals surface area contributed by atoms with Crippen LogP contribution in [0.1, 0.15) is 19.4 Å². The molecule has 1 heterocycles. The second kappa shape index (κ2) is 6.68. The molecule has 1 N–H and O–H groups in total. The lowest BCUT2D eigenvalue weighted by molar-refractivity contribution is 0.582. The fraction of sp³-hybridized carbons (Fsp3) is 0.267. The molecule has 0 aliphatic rings. The van der Waals surface area contributed by atoms with Crippen molar-refractivity contribution >= 4 is 11.8 Å². The highest BCUT2D eigenvalue weighted by atomic mass is 32.2. The first-order valence-electron chi connectivity index (χ1n) is 6.26. The summed E-state index contributed by atoms with van der Waals surface area (Å²) in [6.07, 6.45) is 1.74. The Balaban J connectivity index is 2.18. The van der Waals surface area contributed by atoms with E-state index in [1.54, 1.807) is 18.3 Å². The third kappa shape index (κ3) is 4.04. The zero-order valence-electron chi connectivity index (χ0n) is 11.1. The normalized spacial score (nSPS) is 10.9. The molecule has 19 heavy (non-hydrogen) atoms. The van der Waals surface area contributed by atoms with Crippen molar-refractivity contribution in [2.24, 2.45) is 0 Å². The van der Waals surface area contributed by atoms with Crippen molar-refractivity contribution in [1.82, 2.24) is 10.3 Å². The average molecular weight is 276 g/mol. The van der Waals surface area contributed by atoms with Gasteiger partial charge in [0, 0.05) is 23.7 Å². The van der Waals surface area contributed by atoms with Gasteiger partial charge in [-0.3, -0.25) is 0 Å². The molecule has 0 saturated carbocycles. The van der Waals surface area contributed by atoms with Crippen molar-refractivity contribution < 1.29 is 4.39 Å². The van der Waals surface area contributed by atoms with Crippen LogP contribution in [-0.4, -0.2) is 11.0 Å². The third-order valence-electron chi connectivity index (χ3n) is 2.59. The van der Waals surface area contributed by atoms with Crippen LogP contribution in [0.25, 0.3) is 0 Å². The monoisotopic (exact) mass is 276 g/mol. The minimum Gasteiger partial charge on any atom is -0.310 e. The van der Waals surface area contributed by atoms with E-state index in [0.29, 0.717) is 10.9 Å². The van der Waals surface area contributed by atoms with Gasteiger partial charge in [-0.15, -0.1) is 0 Å². The minimum atomic E-state index is -0.207. The Hall–Kier alpha value is -1.39. The first kappa shape index (κ1) is 14.0. The Morgan fingerprint density at radius 1 is 1.21 bits per heavy atom. The standard InChI is InChI=1S/C15H17FN2S/c1-11(2)18-10-12-6-5-9-17-15(12)19-14-8-4-3-7-13(14)16/h3-9,11,18H,10H2,1-2H3. The van der Waals surface area contributed by atoms with Crippen molar-refractivity contribution in [3.05, 3.63) is 54.0 Å². The third-order valence-corrected chi connectivity index (χ3v) is 3.71. The molecular formula is C15H17FN2S. The number of benzene rings is 1. The first-order valence-corrected chi connectivity index (χ1v) is 7.08. The molecule has 0 bridgehead atoms. The Kier molecular flexibility index (Phi) is 4.93. The van der Waals surface area contributed by atoms with Gasteiger partial charge in [0.1, 0.15) is 10.8 Å². The van der Waals surface area contributed by atoms with E-state index in [4.69, 9.17) is 0 Å². The zero-order chi connectivity index (χ0) is 13.7. The van der Waals surface area contributed by atoms with Crippen molar-refractivity contribution in [2.75, 3.05) is 0 Å². The summed E-state index contributed by atoms with van der Waals surface area (Å²) in [6, 6.07) is 11.1. The van der Waals surface area contributed by atoms with E-state index in [1.807, 2.05) is 18.2 Å². The maximum atomic E-state index is 13.7. The maximum Gasteiger partial charge on any atom is 0.137 e. The van der Waals surface area contributed by atoms with Gasteiger partial charge in [-0.25, -0.2) is 9.37 Å². The molecule has 4 heteroatoms. The molecule has 100 valence electrons. The fourth-order valence-corrected chi connectivity index (χ4v) is 2.50. The molecule has 2 rings (SSSR count). The van der Waals surface area contributed by atoms with Crippen LogP contribution in [0.5, 0.6) is 0 Å². The zero-order valence-corrected chi connectivity index (χ0v) is 11.9. The average Bonchev–Trinajstić information content (AvgIpc) is 2.40. The van der Waals surface area contributed by atoms with Crippen LogP contribution in [0.3, 0.4) is 0 Å². The molecule has 0 saturated heterocycles. The van der Waals surface area contributed by atoms with Crippen LogP contribution < -0.4 is 5.32 Å². The number of nitrogens with zero attached hydrogens (tertiary/aromatic N) is 1. The second-order valence-corrected chi connectivity index (χ2v) is 5.57. The van der Waals surface area contributed by atoms with Crippen LogP contribution in [-0.2, 0) is 6.54 Å². The number of hydrogen-bond acceptors (Lipinski definition) is 3. The van der Waals surface area contributed by atoms with Crippen LogP contribution in [0.15, 0.2) is 52.5 Å². The van der Waals surface area contributed by atoms with Crippen molar-refractivity contribution in [1.29, 1.82) is 0 Å². The number of aromatic nitrogens is 1.